The lowest BCUT2D eigenvalue weighted by Crippen LogP contribution is -2.42. The fourth-order valence-electron chi connectivity index (χ4n) is 4.54. The Hall–Kier alpha value is -3.56. The van der Waals surface area contributed by atoms with Crippen LogP contribution in [0.5, 0.6) is 17.2 Å². The number of morpholine rings is 1. The van der Waals surface area contributed by atoms with E-state index in [9.17, 15) is 14.7 Å². The Morgan fingerprint density at radius 2 is 1.60 bits per heavy atom. The molecule has 0 aliphatic carbocycles. The van der Waals surface area contributed by atoms with Gasteiger partial charge in [-0.3, -0.25) is 14.5 Å². The first-order chi connectivity index (χ1) is 17.0. The Kier molecular flexibility index (Phi) is 7.57. The number of nitrogens with zero attached hydrogens (tertiary/aromatic N) is 2. The van der Waals surface area contributed by atoms with E-state index in [1.165, 1.54) is 26.2 Å². The molecule has 9 nitrogen and oxygen atoms in total. The van der Waals surface area contributed by atoms with E-state index in [2.05, 4.69) is 4.90 Å². The molecule has 2 aliphatic heterocycles. The van der Waals surface area contributed by atoms with E-state index >= 15 is 0 Å². The molecule has 0 unspecified atom stereocenters. The van der Waals surface area contributed by atoms with Crippen molar-refractivity contribution in [1.29, 1.82) is 0 Å². The third-order valence-electron chi connectivity index (χ3n) is 6.35. The van der Waals surface area contributed by atoms with Gasteiger partial charge >= 0.3 is 0 Å². The predicted octanol–water partition coefficient (Wildman–Crippen LogP) is 2.47. The lowest BCUT2D eigenvalue weighted by Gasteiger charge is -2.31. The van der Waals surface area contributed by atoms with Gasteiger partial charge in [-0.1, -0.05) is 30.3 Å². The second-order valence-corrected chi connectivity index (χ2v) is 8.27. The van der Waals surface area contributed by atoms with Gasteiger partial charge in [0.25, 0.3) is 11.7 Å². The highest BCUT2D eigenvalue weighted by Crippen LogP contribution is 2.45. The van der Waals surface area contributed by atoms with E-state index in [1.54, 1.807) is 36.4 Å². The second kappa shape index (κ2) is 10.8. The van der Waals surface area contributed by atoms with Crippen LogP contribution in [0, 0.1) is 0 Å². The Balaban J connectivity index is 1.82. The van der Waals surface area contributed by atoms with E-state index in [1.807, 2.05) is 6.07 Å². The zero-order valence-electron chi connectivity index (χ0n) is 20.2. The lowest BCUT2D eigenvalue weighted by molar-refractivity contribution is -0.140. The highest BCUT2D eigenvalue weighted by molar-refractivity contribution is 6.46. The van der Waals surface area contributed by atoms with Crippen LogP contribution in [-0.4, -0.2) is 87.3 Å². The molecule has 2 aromatic carbocycles. The molecular weight excluding hydrogens is 452 g/mol. The monoisotopic (exact) mass is 482 g/mol. The van der Waals surface area contributed by atoms with Crippen LogP contribution in [0.25, 0.3) is 5.76 Å². The normalized spacial score (nSPS) is 20.2. The summed E-state index contributed by atoms with van der Waals surface area (Å²) in [4.78, 5) is 30.2. The number of carbonyl (C=O) groups excluding carboxylic acids is 2. The van der Waals surface area contributed by atoms with Gasteiger partial charge in [0.05, 0.1) is 46.2 Å². The highest BCUT2D eigenvalue weighted by atomic mass is 16.5. The van der Waals surface area contributed by atoms with Gasteiger partial charge in [-0.2, -0.15) is 0 Å². The number of hydrogen-bond donors (Lipinski definition) is 1. The van der Waals surface area contributed by atoms with Crippen LogP contribution in [0.3, 0.4) is 0 Å². The minimum atomic E-state index is -0.829. The second-order valence-electron chi connectivity index (χ2n) is 8.27. The maximum atomic E-state index is 13.3. The van der Waals surface area contributed by atoms with E-state index in [0.717, 1.165) is 13.1 Å². The quantitative estimate of drug-likeness (QED) is 0.348. The first-order valence-corrected chi connectivity index (χ1v) is 11.4. The summed E-state index contributed by atoms with van der Waals surface area (Å²) in [6.45, 7) is 3.64. The minimum absolute atomic E-state index is 0.0254. The van der Waals surface area contributed by atoms with Crippen LogP contribution in [0.4, 0.5) is 0 Å². The van der Waals surface area contributed by atoms with E-state index in [0.29, 0.717) is 54.7 Å². The van der Waals surface area contributed by atoms with E-state index < -0.39 is 17.7 Å². The number of rotatable bonds is 8. The van der Waals surface area contributed by atoms with E-state index in [4.69, 9.17) is 18.9 Å². The van der Waals surface area contributed by atoms with Crippen LogP contribution in [-0.2, 0) is 14.3 Å². The number of carbonyl (C=O) groups is 2. The van der Waals surface area contributed by atoms with Gasteiger partial charge in [0, 0.05) is 31.7 Å². The Labute approximate surface area is 204 Å². The van der Waals surface area contributed by atoms with Crippen LogP contribution in [0.15, 0.2) is 48.0 Å². The highest BCUT2D eigenvalue weighted by Gasteiger charge is 2.46. The fourth-order valence-corrected chi connectivity index (χ4v) is 4.54. The topological polar surface area (TPSA) is 97.8 Å². The summed E-state index contributed by atoms with van der Waals surface area (Å²) in [6, 6.07) is 11.3. The summed E-state index contributed by atoms with van der Waals surface area (Å²) >= 11 is 0. The summed E-state index contributed by atoms with van der Waals surface area (Å²) in [7, 11) is 4.50. The molecule has 9 heteroatoms. The zero-order valence-corrected chi connectivity index (χ0v) is 20.2. The molecule has 0 aromatic heterocycles. The molecule has 0 saturated carbocycles. The number of benzene rings is 2. The molecule has 2 aromatic rings. The third-order valence-corrected chi connectivity index (χ3v) is 6.35. The summed E-state index contributed by atoms with van der Waals surface area (Å²) in [5.41, 5.74) is 1.05. The first-order valence-electron chi connectivity index (χ1n) is 11.4. The zero-order chi connectivity index (χ0) is 24.9. The number of methoxy groups -OCH3 is 3. The smallest absolute Gasteiger partial charge is 0.295 e. The van der Waals surface area contributed by atoms with Gasteiger partial charge in [0.15, 0.2) is 11.5 Å². The molecule has 0 bridgehead atoms. The van der Waals surface area contributed by atoms with Crippen molar-refractivity contribution in [2.24, 2.45) is 0 Å². The van der Waals surface area contributed by atoms with Crippen LogP contribution in [0.1, 0.15) is 17.2 Å². The van der Waals surface area contributed by atoms with Crippen molar-refractivity contribution < 1.29 is 33.6 Å². The number of likely N-dealkylation sites (tertiary alicyclic amines) is 1. The van der Waals surface area contributed by atoms with E-state index in [-0.39, 0.29) is 11.3 Å². The molecule has 1 atom stereocenters. The number of aliphatic hydroxyl groups excluding tert-OH is 1. The maximum Gasteiger partial charge on any atom is 0.295 e. The minimum Gasteiger partial charge on any atom is -0.507 e. The average molecular weight is 483 g/mol. The summed E-state index contributed by atoms with van der Waals surface area (Å²) in [5.74, 6) is -0.439. The van der Waals surface area contributed by atoms with Crippen molar-refractivity contribution in [2.45, 2.75) is 6.04 Å². The fraction of sp³-hybridized carbons (Fsp3) is 0.385. The number of ketones is 1. The molecule has 0 radical (unpaired) electrons. The van der Waals surface area contributed by atoms with Crippen molar-refractivity contribution >= 4 is 17.4 Å². The Morgan fingerprint density at radius 3 is 2.17 bits per heavy atom. The standard InChI is InChI=1S/C26H30N2O7/c1-32-19-15-18(16-20(33-2)25(19)34-3)22-21(23(29)17-7-5-4-6-8-17)24(30)26(31)28(22)10-9-27-11-13-35-14-12-27/h4-8,15-16,22,29H,9-14H2,1-3H3/b23-21+/t22-/m1/s1. The molecule has 35 heavy (non-hydrogen) atoms. The molecule has 2 fully saturated rings. The van der Waals surface area contributed by atoms with Gasteiger partial charge in [-0.25, -0.2) is 0 Å². The first kappa shape index (κ1) is 24.6. The van der Waals surface area contributed by atoms with Gasteiger partial charge in [-0.15, -0.1) is 0 Å². The van der Waals surface area contributed by atoms with Gasteiger partial charge < -0.3 is 29.0 Å². The Morgan fingerprint density at radius 1 is 0.971 bits per heavy atom. The van der Waals surface area contributed by atoms with Gasteiger partial charge in [-0.05, 0) is 17.7 Å². The van der Waals surface area contributed by atoms with Crippen molar-refractivity contribution in [3.8, 4) is 17.2 Å². The molecule has 2 saturated heterocycles. The maximum absolute atomic E-state index is 13.3. The number of aliphatic hydroxyl groups is 1. The largest absolute Gasteiger partial charge is 0.507 e. The van der Waals surface area contributed by atoms with Crippen LogP contribution < -0.4 is 14.2 Å². The lowest BCUT2D eigenvalue weighted by atomic mass is 9.94. The summed E-state index contributed by atoms with van der Waals surface area (Å²) < 4.78 is 21.9. The molecular formula is C26H30N2O7. The Bertz CT molecular complexity index is 1080. The van der Waals surface area contributed by atoms with Crippen molar-refractivity contribution in [3.05, 3.63) is 59.2 Å². The van der Waals surface area contributed by atoms with Crippen LogP contribution >= 0.6 is 0 Å². The molecule has 1 N–H and O–H groups in total. The third kappa shape index (κ3) is 4.82. The molecule has 186 valence electrons. The molecule has 2 heterocycles. The van der Waals surface area contributed by atoms with Gasteiger partial charge in [0.1, 0.15) is 5.76 Å². The summed E-state index contributed by atoms with van der Waals surface area (Å²) in [6.07, 6.45) is 0. The number of ether oxygens (including phenoxy) is 4. The number of Topliss-reactive ketones (excluding diaryl/α,β-unsaturated/α-hetero) is 1. The van der Waals surface area contributed by atoms with Crippen molar-refractivity contribution in [2.75, 3.05) is 60.7 Å². The number of hydrogen-bond acceptors (Lipinski definition) is 8. The SMILES string of the molecule is COc1cc([C@@H]2/C(=C(\O)c3ccccc3)C(=O)C(=O)N2CCN2CCOCC2)cc(OC)c1OC. The van der Waals surface area contributed by atoms with Gasteiger partial charge in [0.2, 0.25) is 5.75 Å². The molecule has 1 amide bonds. The predicted molar refractivity (Wildman–Crippen MR) is 129 cm³/mol. The molecule has 4 rings (SSSR count). The molecule has 0 spiro atoms. The number of amides is 1. The molecule has 2 aliphatic rings. The van der Waals surface area contributed by atoms with Crippen molar-refractivity contribution in [3.63, 3.8) is 0 Å². The van der Waals surface area contributed by atoms with Crippen molar-refractivity contribution in [1.82, 2.24) is 9.80 Å². The average Bonchev–Trinajstić information content (AvgIpc) is 3.16. The van der Waals surface area contributed by atoms with Crippen LogP contribution in [0.2, 0.25) is 0 Å². The summed E-state index contributed by atoms with van der Waals surface area (Å²) in [5, 5.41) is 11.2.